The number of nitrogens with zero attached hydrogens (tertiary/aromatic N) is 4. The van der Waals surface area contributed by atoms with Gasteiger partial charge in [-0.3, -0.25) is 14.2 Å². The molecule has 2 aromatic heterocycles. The number of fused-ring (bicyclic) bond motifs is 1. The van der Waals surface area contributed by atoms with Crippen LogP contribution in [0.25, 0.3) is 11.0 Å². The number of aromatic nitrogens is 4. The van der Waals surface area contributed by atoms with Crippen LogP contribution in [0.1, 0.15) is 21.5 Å². The van der Waals surface area contributed by atoms with E-state index in [0.29, 0.717) is 47.7 Å². The predicted molar refractivity (Wildman–Crippen MR) is 124 cm³/mol. The average Bonchev–Trinajstić information content (AvgIpc) is 3.25. The van der Waals surface area contributed by atoms with E-state index in [-0.39, 0.29) is 11.5 Å². The number of benzene rings is 2. The first-order valence-corrected chi connectivity index (χ1v) is 10.5. The minimum atomic E-state index is -0.278. The summed E-state index contributed by atoms with van der Waals surface area (Å²) >= 11 is 0. The molecule has 4 aromatic rings. The van der Waals surface area contributed by atoms with E-state index in [1.165, 1.54) is 19.6 Å². The monoisotopic (exact) mass is 447 g/mol. The maximum atomic E-state index is 12.9. The zero-order valence-electron chi connectivity index (χ0n) is 18.7. The van der Waals surface area contributed by atoms with Gasteiger partial charge in [0.15, 0.2) is 5.65 Å². The summed E-state index contributed by atoms with van der Waals surface area (Å²) in [7, 11) is 3.05. The van der Waals surface area contributed by atoms with Crippen LogP contribution in [0, 0.1) is 6.92 Å². The van der Waals surface area contributed by atoms with Crippen molar-refractivity contribution >= 4 is 16.9 Å². The summed E-state index contributed by atoms with van der Waals surface area (Å²) in [5, 5.41) is 7.58. The third-order valence-electron chi connectivity index (χ3n) is 5.49. The molecule has 0 spiro atoms. The molecule has 9 nitrogen and oxygen atoms in total. The third-order valence-corrected chi connectivity index (χ3v) is 5.49. The van der Waals surface area contributed by atoms with Gasteiger partial charge >= 0.3 is 0 Å². The molecule has 0 saturated heterocycles. The van der Waals surface area contributed by atoms with Gasteiger partial charge in [-0.2, -0.15) is 5.10 Å². The zero-order valence-corrected chi connectivity index (χ0v) is 18.7. The van der Waals surface area contributed by atoms with Gasteiger partial charge in [-0.25, -0.2) is 9.67 Å². The van der Waals surface area contributed by atoms with E-state index in [9.17, 15) is 9.59 Å². The molecule has 1 amide bonds. The molecule has 0 bridgehead atoms. The Bertz CT molecular complexity index is 1360. The highest BCUT2D eigenvalue weighted by Crippen LogP contribution is 2.24. The van der Waals surface area contributed by atoms with Crippen LogP contribution in [0.5, 0.6) is 11.5 Å². The first-order valence-electron chi connectivity index (χ1n) is 10.5. The van der Waals surface area contributed by atoms with Crippen LogP contribution in [0.2, 0.25) is 0 Å². The lowest BCUT2D eigenvalue weighted by atomic mass is 10.1. The summed E-state index contributed by atoms with van der Waals surface area (Å²) in [4.78, 5) is 30.0. The molecule has 0 unspecified atom stereocenters. The van der Waals surface area contributed by atoms with Gasteiger partial charge in [0, 0.05) is 12.6 Å². The second-order valence-corrected chi connectivity index (χ2v) is 7.53. The number of aryl methyl sites for hydroxylation is 1. The van der Waals surface area contributed by atoms with Gasteiger partial charge in [-0.15, -0.1) is 0 Å². The van der Waals surface area contributed by atoms with E-state index in [4.69, 9.17) is 9.47 Å². The number of amides is 1. The van der Waals surface area contributed by atoms with Crippen molar-refractivity contribution in [2.45, 2.75) is 20.0 Å². The first kappa shape index (κ1) is 22.1. The van der Waals surface area contributed by atoms with Gasteiger partial charge in [0.05, 0.1) is 39.1 Å². The molecule has 0 radical (unpaired) electrons. The van der Waals surface area contributed by atoms with Crippen LogP contribution in [-0.2, 0) is 13.1 Å². The van der Waals surface area contributed by atoms with E-state index in [0.717, 1.165) is 11.1 Å². The van der Waals surface area contributed by atoms with E-state index in [2.05, 4.69) is 15.4 Å². The number of carbonyl (C=O) groups excluding carboxylic acids is 1. The molecule has 0 saturated carbocycles. The second kappa shape index (κ2) is 9.56. The lowest BCUT2D eigenvalue weighted by Gasteiger charge is -2.11. The molecule has 4 rings (SSSR count). The predicted octanol–water partition coefficient (Wildman–Crippen LogP) is 2.40. The Morgan fingerprint density at radius 3 is 2.70 bits per heavy atom. The smallest absolute Gasteiger partial charge is 0.264 e. The minimum Gasteiger partial charge on any atom is -0.497 e. The Hall–Kier alpha value is -4.14. The zero-order chi connectivity index (χ0) is 23.4. The van der Waals surface area contributed by atoms with Crippen molar-refractivity contribution in [1.82, 2.24) is 24.6 Å². The van der Waals surface area contributed by atoms with Crippen LogP contribution >= 0.6 is 0 Å². The quantitative estimate of drug-likeness (QED) is 0.445. The normalized spacial score (nSPS) is 10.9. The summed E-state index contributed by atoms with van der Waals surface area (Å²) in [5.41, 5.74) is 2.91. The molecule has 170 valence electrons. The minimum absolute atomic E-state index is 0.151. The maximum absolute atomic E-state index is 12.9. The molecular formula is C24H25N5O4. The molecule has 0 aliphatic heterocycles. The number of ether oxygens (including phenoxy) is 2. The van der Waals surface area contributed by atoms with Gasteiger partial charge in [-0.05, 0) is 30.2 Å². The highest BCUT2D eigenvalue weighted by Gasteiger charge is 2.14. The highest BCUT2D eigenvalue weighted by molar-refractivity contribution is 5.97. The standard InChI is InChI=1S/C24H25N5O4/c1-16-6-4-5-7-17(16)14-28-15-26-22-20(24(28)31)13-27-29(22)11-10-25-23(30)19-9-8-18(32-2)12-21(19)33-3/h4-9,12-13,15H,10-11,14H2,1-3H3,(H,25,30). The van der Waals surface area contributed by atoms with Crippen molar-refractivity contribution in [3.05, 3.63) is 82.0 Å². The topological polar surface area (TPSA) is 100 Å². The molecule has 0 fully saturated rings. The van der Waals surface area contributed by atoms with Crippen molar-refractivity contribution in [2.24, 2.45) is 0 Å². The maximum Gasteiger partial charge on any atom is 0.264 e. The molecule has 2 heterocycles. The average molecular weight is 447 g/mol. The molecule has 0 aliphatic carbocycles. The number of hydrogen-bond donors (Lipinski definition) is 1. The Balaban J connectivity index is 1.46. The number of methoxy groups -OCH3 is 2. The van der Waals surface area contributed by atoms with Crippen LogP contribution in [0.4, 0.5) is 0 Å². The molecular weight excluding hydrogens is 422 g/mol. The molecule has 2 aromatic carbocycles. The number of carbonyl (C=O) groups is 1. The van der Waals surface area contributed by atoms with Crippen LogP contribution < -0.4 is 20.3 Å². The van der Waals surface area contributed by atoms with E-state index in [1.54, 1.807) is 34.6 Å². The van der Waals surface area contributed by atoms with Crippen molar-refractivity contribution in [2.75, 3.05) is 20.8 Å². The fourth-order valence-corrected chi connectivity index (χ4v) is 3.60. The summed E-state index contributed by atoms with van der Waals surface area (Å²) < 4.78 is 13.6. The fourth-order valence-electron chi connectivity index (χ4n) is 3.60. The summed E-state index contributed by atoms with van der Waals surface area (Å²) in [6.07, 6.45) is 3.06. The fraction of sp³-hybridized carbons (Fsp3) is 0.250. The van der Waals surface area contributed by atoms with Gasteiger partial charge in [-0.1, -0.05) is 24.3 Å². The van der Waals surface area contributed by atoms with Crippen molar-refractivity contribution in [3.63, 3.8) is 0 Å². The Labute approximate surface area is 190 Å². The number of hydrogen-bond acceptors (Lipinski definition) is 6. The Kier molecular flexibility index (Phi) is 6.39. The van der Waals surface area contributed by atoms with E-state index >= 15 is 0 Å². The molecule has 1 N–H and O–H groups in total. The number of rotatable bonds is 8. The summed E-state index contributed by atoms with van der Waals surface area (Å²) in [5.74, 6) is 0.748. The highest BCUT2D eigenvalue weighted by atomic mass is 16.5. The van der Waals surface area contributed by atoms with Crippen molar-refractivity contribution in [3.8, 4) is 11.5 Å². The molecule has 33 heavy (non-hydrogen) atoms. The number of nitrogens with one attached hydrogen (secondary N) is 1. The lowest BCUT2D eigenvalue weighted by molar-refractivity contribution is 0.0949. The lowest BCUT2D eigenvalue weighted by Crippen LogP contribution is -2.28. The van der Waals surface area contributed by atoms with E-state index < -0.39 is 0 Å². The first-order chi connectivity index (χ1) is 16.0. The molecule has 0 aliphatic rings. The Morgan fingerprint density at radius 1 is 1.12 bits per heavy atom. The summed E-state index contributed by atoms with van der Waals surface area (Å²) in [6, 6.07) is 12.9. The second-order valence-electron chi connectivity index (χ2n) is 7.53. The van der Waals surface area contributed by atoms with Crippen LogP contribution in [0.3, 0.4) is 0 Å². The Morgan fingerprint density at radius 2 is 1.94 bits per heavy atom. The van der Waals surface area contributed by atoms with Crippen LogP contribution in [0.15, 0.2) is 59.8 Å². The summed E-state index contributed by atoms with van der Waals surface area (Å²) in [6.45, 7) is 3.13. The molecule has 9 heteroatoms. The third kappa shape index (κ3) is 4.57. The van der Waals surface area contributed by atoms with Crippen LogP contribution in [-0.4, -0.2) is 46.0 Å². The van der Waals surface area contributed by atoms with Gasteiger partial charge in [0.1, 0.15) is 23.2 Å². The molecule has 0 atom stereocenters. The van der Waals surface area contributed by atoms with Crippen molar-refractivity contribution < 1.29 is 14.3 Å². The van der Waals surface area contributed by atoms with Gasteiger partial charge in [0.2, 0.25) is 0 Å². The largest absolute Gasteiger partial charge is 0.497 e. The SMILES string of the molecule is COc1ccc(C(=O)NCCn2ncc3c(=O)n(Cc4ccccc4C)cnc32)c(OC)c1. The van der Waals surface area contributed by atoms with E-state index in [1.807, 2.05) is 31.2 Å². The van der Waals surface area contributed by atoms with Gasteiger partial charge < -0.3 is 14.8 Å². The van der Waals surface area contributed by atoms with Gasteiger partial charge in [0.25, 0.3) is 11.5 Å². The van der Waals surface area contributed by atoms with Crippen molar-refractivity contribution in [1.29, 1.82) is 0 Å².